The Morgan fingerprint density at radius 1 is 1.39 bits per heavy atom. The summed E-state index contributed by atoms with van der Waals surface area (Å²) < 4.78 is 11.2. The van der Waals surface area contributed by atoms with Gasteiger partial charge < -0.3 is 9.47 Å². The van der Waals surface area contributed by atoms with Crippen LogP contribution in [-0.4, -0.2) is 35.8 Å². The highest BCUT2D eigenvalue weighted by molar-refractivity contribution is 7.96. The van der Waals surface area contributed by atoms with Crippen LogP contribution in [0.4, 0.5) is 4.79 Å². The van der Waals surface area contributed by atoms with E-state index in [1.54, 1.807) is 6.26 Å². The van der Waals surface area contributed by atoms with Gasteiger partial charge in [-0.2, -0.15) is 0 Å². The minimum atomic E-state index is -0.919. The zero-order valence-electron chi connectivity index (χ0n) is 10.0. The molecule has 0 N–H and O–H groups in total. The van der Waals surface area contributed by atoms with E-state index < -0.39 is 24.2 Å². The number of nitrogens with zero attached hydrogens (tertiary/aromatic N) is 1. The van der Waals surface area contributed by atoms with Crippen LogP contribution in [-0.2, 0) is 14.3 Å². The molecule has 0 bridgehead atoms. The number of rotatable bonds is 3. The van der Waals surface area contributed by atoms with Crippen molar-refractivity contribution in [3.05, 3.63) is 35.9 Å². The van der Waals surface area contributed by atoms with E-state index in [4.69, 9.17) is 4.74 Å². The Kier molecular flexibility index (Phi) is 3.76. The number of carbonyl (C=O) groups is 2. The summed E-state index contributed by atoms with van der Waals surface area (Å²) in [6, 6.07) is 8.83. The van der Waals surface area contributed by atoms with Gasteiger partial charge in [-0.15, -0.1) is 0 Å². The van der Waals surface area contributed by atoms with Crippen molar-refractivity contribution in [2.75, 3.05) is 13.4 Å². The molecule has 1 amide bonds. The molecule has 1 aliphatic heterocycles. The second-order valence-corrected chi connectivity index (χ2v) is 4.45. The summed E-state index contributed by atoms with van der Waals surface area (Å²) in [5.74, 6) is -0.547. The van der Waals surface area contributed by atoms with Crippen molar-refractivity contribution >= 4 is 24.0 Å². The second kappa shape index (κ2) is 5.30. The van der Waals surface area contributed by atoms with Crippen LogP contribution >= 0.6 is 11.9 Å². The van der Waals surface area contributed by atoms with Gasteiger partial charge in [-0.25, -0.2) is 13.9 Å². The number of esters is 1. The van der Waals surface area contributed by atoms with Crippen LogP contribution < -0.4 is 0 Å². The smallest absolute Gasteiger partial charge is 0.421 e. The molecular formula is C12H13NO4S. The molecule has 0 saturated carbocycles. The largest absolute Gasteiger partial charge is 0.466 e. The molecule has 1 aromatic carbocycles. The SMILES string of the molecule is COC(=O)[C@@H]1OC(=O)N(SC)[C@H]1c1ccccc1. The standard InChI is InChI=1S/C12H13NO4S/c1-16-11(14)10-9(8-6-4-3-5-7-8)13(18-2)12(15)17-10/h3-7,9-10H,1-2H3/t9-,10+/m0/s1. The molecule has 96 valence electrons. The maximum atomic E-state index is 11.7. The van der Waals surface area contributed by atoms with Crippen LogP contribution in [0.3, 0.4) is 0 Å². The highest BCUT2D eigenvalue weighted by Crippen LogP contribution is 2.37. The van der Waals surface area contributed by atoms with Gasteiger partial charge in [0.2, 0.25) is 6.10 Å². The van der Waals surface area contributed by atoms with E-state index in [1.165, 1.54) is 23.4 Å². The normalized spacial score (nSPS) is 22.8. The van der Waals surface area contributed by atoms with E-state index >= 15 is 0 Å². The molecule has 1 aliphatic rings. The molecule has 0 aromatic heterocycles. The Hall–Kier alpha value is -1.69. The summed E-state index contributed by atoms with van der Waals surface area (Å²) in [6.07, 6.45) is 0.320. The third-order valence-corrected chi connectivity index (χ3v) is 3.49. The van der Waals surface area contributed by atoms with E-state index in [9.17, 15) is 9.59 Å². The fourth-order valence-electron chi connectivity index (χ4n) is 1.90. The van der Waals surface area contributed by atoms with E-state index in [0.717, 1.165) is 5.56 Å². The van der Waals surface area contributed by atoms with Crippen LogP contribution in [0, 0.1) is 0 Å². The van der Waals surface area contributed by atoms with Gasteiger partial charge in [0, 0.05) is 6.26 Å². The number of amides is 1. The van der Waals surface area contributed by atoms with Gasteiger partial charge in [0.25, 0.3) is 0 Å². The molecule has 0 aliphatic carbocycles. The Labute approximate surface area is 109 Å². The first-order valence-electron chi connectivity index (χ1n) is 5.35. The van der Waals surface area contributed by atoms with Crippen LogP contribution in [0.2, 0.25) is 0 Å². The van der Waals surface area contributed by atoms with Crippen molar-refractivity contribution in [1.29, 1.82) is 0 Å². The fraction of sp³-hybridized carbons (Fsp3) is 0.333. The minimum absolute atomic E-state index is 0.457. The molecule has 2 atom stereocenters. The summed E-state index contributed by atoms with van der Waals surface area (Å²) in [6.45, 7) is 0. The fourth-order valence-corrected chi connectivity index (χ4v) is 2.55. The summed E-state index contributed by atoms with van der Waals surface area (Å²) in [5.41, 5.74) is 0.841. The number of ether oxygens (including phenoxy) is 2. The Morgan fingerprint density at radius 2 is 2.06 bits per heavy atom. The van der Waals surface area contributed by atoms with Crippen molar-refractivity contribution in [1.82, 2.24) is 4.31 Å². The van der Waals surface area contributed by atoms with Crippen LogP contribution in [0.1, 0.15) is 11.6 Å². The second-order valence-electron chi connectivity index (χ2n) is 3.69. The van der Waals surface area contributed by atoms with Gasteiger partial charge in [-0.3, -0.25) is 0 Å². The Balaban J connectivity index is 2.37. The zero-order chi connectivity index (χ0) is 13.1. The molecule has 0 unspecified atom stereocenters. The number of hydrogen-bond acceptors (Lipinski definition) is 5. The van der Waals surface area contributed by atoms with Gasteiger partial charge in [-0.1, -0.05) is 30.3 Å². The van der Waals surface area contributed by atoms with Gasteiger partial charge in [0.1, 0.15) is 6.04 Å². The molecular weight excluding hydrogens is 254 g/mol. The predicted octanol–water partition coefficient (Wildman–Crippen LogP) is 2.00. The lowest BCUT2D eigenvalue weighted by molar-refractivity contribution is -0.149. The maximum absolute atomic E-state index is 11.7. The molecule has 1 aromatic rings. The monoisotopic (exact) mass is 267 g/mol. The van der Waals surface area contributed by atoms with Gasteiger partial charge >= 0.3 is 12.1 Å². The molecule has 1 saturated heterocycles. The number of cyclic esters (lactones) is 1. The molecule has 0 spiro atoms. The molecule has 1 fully saturated rings. The summed E-state index contributed by atoms with van der Waals surface area (Å²) >= 11 is 1.23. The third-order valence-electron chi connectivity index (χ3n) is 2.72. The first kappa shape index (κ1) is 12.8. The van der Waals surface area contributed by atoms with Crippen molar-refractivity contribution in [2.45, 2.75) is 12.1 Å². The highest BCUT2D eigenvalue weighted by atomic mass is 32.2. The topological polar surface area (TPSA) is 55.8 Å². The zero-order valence-corrected chi connectivity index (χ0v) is 10.8. The number of methoxy groups -OCH3 is 1. The highest BCUT2D eigenvalue weighted by Gasteiger charge is 2.47. The lowest BCUT2D eigenvalue weighted by atomic mass is 10.0. The third kappa shape index (κ3) is 2.15. The lowest BCUT2D eigenvalue weighted by Crippen LogP contribution is -2.30. The molecule has 6 heteroatoms. The molecule has 2 rings (SSSR count). The molecule has 5 nitrogen and oxygen atoms in total. The molecule has 18 heavy (non-hydrogen) atoms. The van der Waals surface area contributed by atoms with Crippen molar-refractivity contribution in [3.8, 4) is 0 Å². The van der Waals surface area contributed by atoms with Gasteiger partial charge in [-0.05, 0) is 17.5 Å². The van der Waals surface area contributed by atoms with Crippen LogP contribution in [0.15, 0.2) is 30.3 Å². The van der Waals surface area contributed by atoms with Gasteiger partial charge in [0.15, 0.2) is 0 Å². The van der Waals surface area contributed by atoms with Crippen molar-refractivity contribution in [3.63, 3.8) is 0 Å². The Bertz CT molecular complexity index is 449. The average molecular weight is 267 g/mol. The maximum Gasteiger partial charge on any atom is 0.421 e. The van der Waals surface area contributed by atoms with Crippen LogP contribution in [0.5, 0.6) is 0 Å². The average Bonchev–Trinajstić information content (AvgIpc) is 2.75. The minimum Gasteiger partial charge on any atom is -0.466 e. The lowest BCUT2D eigenvalue weighted by Gasteiger charge is -2.21. The van der Waals surface area contributed by atoms with E-state index in [0.29, 0.717) is 0 Å². The summed E-state index contributed by atoms with van der Waals surface area (Å²) in [4.78, 5) is 23.4. The summed E-state index contributed by atoms with van der Waals surface area (Å²) in [7, 11) is 1.28. The molecule has 1 heterocycles. The number of carbonyl (C=O) groups excluding carboxylic acids is 2. The van der Waals surface area contributed by atoms with Crippen molar-refractivity contribution < 1.29 is 19.1 Å². The summed E-state index contributed by atoms with van der Waals surface area (Å²) in [5, 5.41) is 0. The van der Waals surface area contributed by atoms with E-state index in [-0.39, 0.29) is 0 Å². The predicted molar refractivity (Wildman–Crippen MR) is 66.8 cm³/mol. The quantitative estimate of drug-likeness (QED) is 0.619. The first-order chi connectivity index (χ1) is 8.69. The van der Waals surface area contributed by atoms with E-state index in [1.807, 2.05) is 30.3 Å². The Morgan fingerprint density at radius 3 is 2.61 bits per heavy atom. The number of hydrogen-bond donors (Lipinski definition) is 0. The van der Waals surface area contributed by atoms with Crippen LogP contribution in [0.25, 0.3) is 0 Å². The van der Waals surface area contributed by atoms with Crippen molar-refractivity contribution in [2.24, 2.45) is 0 Å². The molecule has 0 radical (unpaired) electrons. The number of benzene rings is 1. The van der Waals surface area contributed by atoms with E-state index in [2.05, 4.69) is 4.74 Å². The van der Waals surface area contributed by atoms with Gasteiger partial charge in [0.05, 0.1) is 7.11 Å². The first-order valence-corrected chi connectivity index (χ1v) is 6.54.